The van der Waals surface area contributed by atoms with Gasteiger partial charge in [0.25, 0.3) is 0 Å². The van der Waals surface area contributed by atoms with E-state index in [1.165, 1.54) is 12.1 Å². The van der Waals surface area contributed by atoms with Crippen molar-refractivity contribution in [1.29, 1.82) is 0 Å². The zero-order valence-corrected chi connectivity index (χ0v) is 12.0. The monoisotopic (exact) mass is 345 g/mol. The number of nitrogens with zero attached hydrogens (tertiary/aromatic N) is 3. The van der Waals surface area contributed by atoms with Crippen LogP contribution < -0.4 is 4.90 Å². The first kappa shape index (κ1) is 16.2. The summed E-state index contributed by atoms with van der Waals surface area (Å²) < 4.78 is 57.5. The number of aromatic nitrogens is 2. The van der Waals surface area contributed by atoms with Crippen LogP contribution in [0.4, 0.5) is 28.0 Å². The highest BCUT2D eigenvalue weighted by Crippen LogP contribution is 2.29. The van der Waals surface area contributed by atoms with Gasteiger partial charge in [-0.15, -0.1) is 0 Å². The van der Waals surface area contributed by atoms with E-state index >= 15 is 0 Å². The Labute approximate surface area is 132 Å². The van der Waals surface area contributed by atoms with E-state index < -0.39 is 29.9 Å². The molecule has 1 N–H and O–H groups in total. The van der Waals surface area contributed by atoms with Gasteiger partial charge in [0.05, 0.1) is 18.8 Å². The van der Waals surface area contributed by atoms with Gasteiger partial charge in [0.2, 0.25) is 0 Å². The van der Waals surface area contributed by atoms with Crippen LogP contribution in [-0.4, -0.2) is 40.2 Å². The number of carbonyl (C=O) groups is 1. The Morgan fingerprint density at radius 2 is 2.08 bits per heavy atom. The minimum atomic E-state index is -4.62. The molecule has 1 saturated heterocycles. The summed E-state index contributed by atoms with van der Waals surface area (Å²) in [6.45, 7) is -0.315. The molecule has 0 aliphatic carbocycles. The molecule has 1 aliphatic rings. The van der Waals surface area contributed by atoms with Gasteiger partial charge in [-0.05, 0) is 24.3 Å². The maximum Gasteiger partial charge on any atom is 0.435 e. The second kappa shape index (κ2) is 5.78. The van der Waals surface area contributed by atoms with Crippen LogP contribution in [0.25, 0.3) is 5.69 Å². The zero-order valence-electron chi connectivity index (χ0n) is 12.0. The first-order valence-electron chi connectivity index (χ1n) is 6.81. The van der Waals surface area contributed by atoms with Crippen molar-refractivity contribution in [3.05, 3.63) is 42.0 Å². The summed E-state index contributed by atoms with van der Waals surface area (Å²) in [5.41, 5.74) is -1.17. The van der Waals surface area contributed by atoms with Gasteiger partial charge in [-0.3, -0.25) is 4.90 Å². The maximum absolute atomic E-state index is 14.2. The minimum Gasteiger partial charge on any atom is -0.441 e. The highest BCUT2D eigenvalue weighted by atomic mass is 19.4. The predicted molar refractivity (Wildman–Crippen MR) is 73.2 cm³/mol. The number of rotatable bonds is 3. The normalized spacial score (nSPS) is 18.1. The lowest BCUT2D eigenvalue weighted by atomic mass is 10.2. The number of hydrogen-bond donors (Lipinski definition) is 1. The molecule has 0 saturated carbocycles. The number of aliphatic hydroxyl groups is 1. The molecule has 1 aromatic heterocycles. The molecule has 6 nitrogen and oxygen atoms in total. The second-order valence-corrected chi connectivity index (χ2v) is 5.08. The van der Waals surface area contributed by atoms with Crippen LogP contribution in [0.15, 0.2) is 30.5 Å². The number of benzene rings is 1. The van der Waals surface area contributed by atoms with Crippen LogP contribution in [0, 0.1) is 5.82 Å². The minimum absolute atomic E-state index is 0.0497. The second-order valence-electron chi connectivity index (χ2n) is 5.08. The van der Waals surface area contributed by atoms with E-state index in [2.05, 4.69) is 5.10 Å². The largest absolute Gasteiger partial charge is 0.441 e. The van der Waals surface area contributed by atoms with E-state index in [1.807, 2.05) is 0 Å². The topological polar surface area (TPSA) is 67.6 Å². The number of carbonyl (C=O) groups excluding carboxylic acids is 1. The molecule has 1 atom stereocenters. The molecule has 1 aliphatic heterocycles. The summed E-state index contributed by atoms with van der Waals surface area (Å²) in [5.74, 6) is -0.857. The average molecular weight is 345 g/mol. The standard InChI is InChI=1S/C14H11F4N3O3/c15-10-5-8(20-6-9(7-22)24-13(20)23)1-2-11(10)21-4-3-12(19-21)14(16,17)18/h1-5,9,22H,6-7H2/t9-/m1/s1. The quantitative estimate of drug-likeness (QED) is 0.867. The Morgan fingerprint density at radius 1 is 1.33 bits per heavy atom. The van der Waals surface area contributed by atoms with Crippen molar-refractivity contribution >= 4 is 11.8 Å². The molecule has 3 rings (SSSR count). The fourth-order valence-electron chi connectivity index (χ4n) is 2.29. The fraction of sp³-hybridized carbons (Fsp3) is 0.286. The SMILES string of the molecule is O=C1O[C@@H](CO)CN1c1ccc(-n2ccc(C(F)(F)F)n2)c(F)c1. The highest BCUT2D eigenvalue weighted by Gasteiger charge is 2.34. The molecule has 0 bridgehead atoms. The number of aliphatic hydroxyl groups excluding tert-OH is 1. The summed E-state index contributed by atoms with van der Waals surface area (Å²) in [4.78, 5) is 12.8. The van der Waals surface area contributed by atoms with Crippen molar-refractivity contribution in [2.75, 3.05) is 18.1 Å². The van der Waals surface area contributed by atoms with Crippen LogP contribution >= 0.6 is 0 Å². The number of amides is 1. The number of alkyl halides is 3. The number of halogens is 4. The van der Waals surface area contributed by atoms with Gasteiger partial charge in [-0.25, -0.2) is 13.9 Å². The Balaban J connectivity index is 1.88. The van der Waals surface area contributed by atoms with Crippen molar-refractivity contribution in [3.8, 4) is 5.69 Å². The Morgan fingerprint density at radius 3 is 2.62 bits per heavy atom. The third kappa shape index (κ3) is 2.92. The molecule has 0 radical (unpaired) electrons. The van der Waals surface area contributed by atoms with E-state index in [-0.39, 0.29) is 24.5 Å². The third-order valence-electron chi connectivity index (χ3n) is 3.45. The van der Waals surface area contributed by atoms with Crippen LogP contribution in [0.1, 0.15) is 5.69 Å². The molecular formula is C14H11F4N3O3. The van der Waals surface area contributed by atoms with E-state index in [0.29, 0.717) is 0 Å². The molecule has 10 heteroatoms. The average Bonchev–Trinajstić information content (AvgIpc) is 3.13. The van der Waals surface area contributed by atoms with Gasteiger partial charge in [0, 0.05) is 6.20 Å². The zero-order chi connectivity index (χ0) is 17.5. The number of anilines is 1. The summed E-state index contributed by atoms with van der Waals surface area (Å²) >= 11 is 0. The smallest absolute Gasteiger partial charge is 0.435 e. The first-order valence-corrected chi connectivity index (χ1v) is 6.81. The Hall–Kier alpha value is -2.62. The molecule has 1 amide bonds. The summed E-state index contributed by atoms with van der Waals surface area (Å²) in [6.07, 6.45) is -5.08. The fourth-order valence-corrected chi connectivity index (χ4v) is 2.29. The van der Waals surface area contributed by atoms with Crippen molar-refractivity contribution in [2.45, 2.75) is 12.3 Å². The van der Waals surface area contributed by atoms with Gasteiger partial charge in [0.15, 0.2) is 11.5 Å². The van der Waals surface area contributed by atoms with Crippen molar-refractivity contribution in [3.63, 3.8) is 0 Å². The Bertz CT molecular complexity index is 775. The lowest BCUT2D eigenvalue weighted by Gasteiger charge is -2.14. The van der Waals surface area contributed by atoms with Gasteiger partial charge in [0.1, 0.15) is 11.8 Å². The van der Waals surface area contributed by atoms with Crippen LogP contribution in [0.3, 0.4) is 0 Å². The van der Waals surface area contributed by atoms with Crippen LogP contribution in [0.5, 0.6) is 0 Å². The van der Waals surface area contributed by atoms with Crippen molar-refractivity contribution in [2.24, 2.45) is 0 Å². The molecule has 128 valence electrons. The van der Waals surface area contributed by atoms with E-state index in [0.717, 1.165) is 27.9 Å². The lowest BCUT2D eigenvalue weighted by Crippen LogP contribution is -2.25. The van der Waals surface area contributed by atoms with Crippen LogP contribution in [0.2, 0.25) is 0 Å². The van der Waals surface area contributed by atoms with Gasteiger partial charge in [-0.2, -0.15) is 18.3 Å². The van der Waals surface area contributed by atoms with Crippen LogP contribution in [-0.2, 0) is 10.9 Å². The van der Waals surface area contributed by atoms with Gasteiger partial charge >= 0.3 is 12.3 Å². The molecule has 1 fully saturated rings. The first-order chi connectivity index (χ1) is 11.3. The summed E-state index contributed by atoms with van der Waals surface area (Å²) in [5, 5.41) is 12.3. The highest BCUT2D eigenvalue weighted by molar-refractivity contribution is 5.89. The number of cyclic esters (lactones) is 1. The molecule has 24 heavy (non-hydrogen) atoms. The molecule has 0 spiro atoms. The van der Waals surface area contributed by atoms with Crippen molar-refractivity contribution < 1.29 is 32.2 Å². The van der Waals surface area contributed by atoms with Gasteiger partial charge in [-0.1, -0.05) is 0 Å². The van der Waals surface area contributed by atoms with Crippen molar-refractivity contribution in [1.82, 2.24) is 9.78 Å². The number of ether oxygens (including phenoxy) is 1. The summed E-state index contributed by atoms with van der Waals surface area (Å²) in [6, 6.07) is 4.29. The number of hydrogen-bond acceptors (Lipinski definition) is 4. The summed E-state index contributed by atoms with van der Waals surface area (Å²) in [7, 11) is 0. The maximum atomic E-state index is 14.2. The van der Waals surface area contributed by atoms with E-state index in [9.17, 15) is 22.4 Å². The molecule has 2 aromatic rings. The third-order valence-corrected chi connectivity index (χ3v) is 3.45. The Kier molecular flexibility index (Phi) is 3.91. The molecular weight excluding hydrogens is 334 g/mol. The predicted octanol–water partition coefficient (Wildman–Crippen LogP) is 2.35. The lowest BCUT2D eigenvalue weighted by molar-refractivity contribution is -0.141. The molecule has 2 heterocycles. The molecule has 1 aromatic carbocycles. The molecule has 0 unspecified atom stereocenters. The van der Waals surface area contributed by atoms with Gasteiger partial charge < -0.3 is 9.84 Å². The van der Waals surface area contributed by atoms with E-state index in [4.69, 9.17) is 9.84 Å². The van der Waals surface area contributed by atoms with E-state index in [1.54, 1.807) is 0 Å².